The van der Waals surface area contributed by atoms with Gasteiger partial charge in [-0.05, 0) is 40.5 Å². The van der Waals surface area contributed by atoms with E-state index >= 15 is 0 Å². The van der Waals surface area contributed by atoms with E-state index in [0.717, 1.165) is 12.8 Å². The molecule has 0 aliphatic carbocycles. The Labute approximate surface area is 151 Å². The highest BCUT2D eigenvalue weighted by atomic mass is 16.6. The van der Waals surface area contributed by atoms with E-state index in [-0.39, 0.29) is 11.9 Å². The second-order valence-electron chi connectivity index (χ2n) is 6.83. The fourth-order valence-corrected chi connectivity index (χ4v) is 1.76. The Hall–Kier alpha value is -1.99. The molecule has 0 saturated heterocycles. The number of hydrogen-bond donors (Lipinski definition) is 4. The van der Waals surface area contributed by atoms with Crippen molar-refractivity contribution >= 4 is 18.0 Å². The van der Waals surface area contributed by atoms with Crippen molar-refractivity contribution in [3.05, 3.63) is 0 Å². The molecule has 0 aromatic rings. The predicted molar refractivity (Wildman–Crippen MR) is 101 cm³/mol. The second-order valence-corrected chi connectivity index (χ2v) is 6.83. The van der Waals surface area contributed by atoms with Crippen LogP contribution in [0.15, 0.2) is 4.99 Å². The van der Waals surface area contributed by atoms with Gasteiger partial charge in [-0.2, -0.15) is 0 Å². The zero-order chi connectivity index (χ0) is 19.3. The van der Waals surface area contributed by atoms with E-state index in [4.69, 9.17) is 4.74 Å². The number of rotatable bonds is 9. The zero-order valence-electron chi connectivity index (χ0n) is 16.5. The summed E-state index contributed by atoms with van der Waals surface area (Å²) >= 11 is 0. The maximum Gasteiger partial charge on any atom is 0.407 e. The van der Waals surface area contributed by atoms with Gasteiger partial charge < -0.3 is 26.0 Å². The average Bonchev–Trinajstić information content (AvgIpc) is 2.50. The summed E-state index contributed by atoms with van der Waals surface area (Å²) in [6, 6.07) is 0.197. The fourth-order valence-electron chi connectivity index (χ4n) is 1.76. The molecule has 8 heteroatoms. The van der Waals surface area contributed by atoms with Gasteiger partial charge in [0.25, 0.3) is 0 Å². The number of guanidine groups is 1. The molecular formula is C17H35N5O3. The number of alkyl carbamates (subject to hydrolysis) is 1. The molecule has 25 heavy (non-hydrogen) atoms. The minimum absolute atomic E-state index is 0.0267. The molecule has 8 nitrogen and oxygen atoms in total. The number of nitrogens with zero attached hydrogens (tertiary/aromatic N) is 1. The lowest BCUT2D eigenvalue weighted by Gasteiger charge is -2.19. The Balaban J connectivity index is 3.79. The Bertz CT molecular complexity index is 432. The van der Waals surface area contributed by atoms with Gasteiger partial charge in [-0.25, -0.2) is 4.79 Å². The van der Waals surface area contributed by atoms with E-state index in [1.165, 1.54) is 0 Å². The van der Waals surface area contributed by atoms with Crippen LogP contribution in [0.2, 0.25) is 0 Å². The van der Waals surface area contributed by atoms with Gasteiger partial charge in [-0.15, -0.1) is 0 Å². The summed E-state index contributed by atoms with van der Waals surface area (Å²) in [5.41, 5.74) is -0.491. The minimum atomic E-state index is -0.491. The first-order valence-corrected chi connectivity index (χ1v) is 8.88. The van der Waals surface area contributed by atoms with Crippen molar-refractivity contribution in [3.63, 3.8) is 0 Å². The number of hydrogen-bond acceptors (Lipinski definition) is 4. The number of carbonyl (C=O) groups excluding carboxylic acids is 2. The molecule has 0 spiro atoms. The third-order valence-electron chi connectivity index (χ3n) is 3.20. The second kappa shape index (κ2) is 12.4. The van der Waals surface area contributed by atoms with Crippen molar-refractivity contribution in [2.75, 3.05) is 26.7 Å². The third kappa shape index (κ3) is 14.1. The molecular weight excluding hydrogens is 322 g/mol. The normalized spacial score (nSPS) is 13.0. The third-order valence-corrected chi connectivity index (χ3v) is 3.20. The number of aliphatic imine (C=N–C) groups is 1. The molecule has 0 aromatic carbocycles. The van der Waals surface area contributed by atoms with Crippen LogP contribution in [0.4, 0.5) is 4.79 Å². The number of amides is 2. The van der Waals surface area contributed by atoms with Crippen LogP contribution in [0, 0.1) is 0 Å². The standard InChI is InChI=1S/C17H35N5O3/c1-7-13(2)22-14(23)9-12-20-15(18-6)19-10-8-11-21-16(24)25-17(3,4)5/h13H,7-12H2,1-6H3,(H,21,24)(H,22,23)(H2,18,19,20). The Morgan fingerprint density at radius 1 is 1.08 bits per heavy atom. The van der Waals surface area contributed by atoms with Crippen molar-refractivity contribution in [2.24, 2.45) is 4.99 Å². The summed E-state index contributed by atoms with van der Waals surface area (Å²) < 4.78 is 5.15. The molecule has 0 aliphatic heterocycles. The van der Waals surface area contributed by atoms with Crippen molar-refractivity contribution in [3.8, 4) is 0 Å². The van der Waals surface area contributed by atoms with Crippen LogP contribution in [0.1, 0.15) is 53.9 Å². The monoisotopic (exact) mass is 357 g/mol. The molecule has 0 saturated carbocycles. The zero-order valence-corrected chi connectivity index (χ0v) is 16.5. The molecule has 0 rings (SSSR count). The summed E-state index contributed by atoms with van der Waals surface area (Å²) in [6.07, 6.45) is 1.63. The van der Waals surface area contributed by atoms with E-state index < -0.39 is 11.7 Å². The topological polar surface area (TPSA) is 104 Å². The van der Waals surface area contributed by atoms with E-state index in [1.807, 2.05) is 34.6 Å². The van der Waals surface area contributed by atoms with Crippen LogP contribution < -0.4 is 21.3 Å². The lowest BCUT2D eigenvalue weighted by molar-refractivity contribution is -0.121. The smallest absolute Gasteiger partial charge is 0.407 e. The van der Waals surface area contributed by atoms with Crippen molar-refractivity contribution in [2.45, 2.75) is 65.5 Å². The van der Waals surface area contributed by atoms with Crippen LogP contribution >= 0.6 is 0 Å². The average molecular weight is 357 g/mol. The predicted octanol–water partition coefficient (Wildman–Crippen LogP) is 1.37. The summed E-state index contributed by atoms with van der Waals surface area (Å²) in [5.74, 6) is 0.660. The molecule has 4 N–H and O–H groups in total. The molecule has 146 valence electrons. The van der Waals surface area contributed by atoms with Gasteiger partial charge in [0.15, 0.2) is 5.96 Å². The van der Waals surface area contributed by atoms with E-state index in [2.05, 4.69) is 26.3 Å². The first-order chi connectivity index (χ1) is 11.7. The van der Waals surface area contributed by atoms with Crippen LogP contribution in [-0.2, 0) is 9.53 Å². The lowest BCUT2D eigenvalue weighted by atomic mass is 10.2. The van der Waals surface area contributed by atoms with Crippen LogP contribution in [0.25, 0.3) is 0 Å². The van der Waals surface area contributed by atoms with Crippen molar-refractivity contribution < 1.29 is 14.3 Å². The SMILES string of the molecule is CCC(C)NC(=O)CCNC(=NC)NCCCNC(=O)OC(C)(C)C. The van der Waals surface area contributed by atoms with Gasteiger partial charge in [-0.1, -0.05) is 6.92 Å². The van der Waals surface area contributed by atoms with E-state index in [9.17, 15) is 9.59 Å². The highest BCUT2D eigenvalue weighted by Gasteiger charge is 2.15. The largest absolute Gasteiger partial charge is 0.444 e. The summed E-state index contributed by atoms with van der Waals surface area (Å²) in [5, 5.41) is 11.8. The molecule has 0 fully saturated rings. The van der Waals surface area contributed by atoms with E-state index in [0.29, 0.717) is 32.0 Å². The summed E-state index contributed by atoms with van der Waals surface area (Å²) in [4.78, 5) is 27.3. The highest BCUT2D eigenvalue weighted by Crippen LogP contribution is 2.06. The van der Waals surface area contributed by atoms with Crippen LogP contribution in [0.3, 0.4) is 0 Å². The molecule has 0 heterocycles. The van der Waals surface area contributed by atoms with Crippen molar-refractivity contribution in [1.82, 2.24) is 21.3 Å². The fraction of sp³-hybridized carbons (Fsp3) is 0.824. The molecule has 1 atom stereocenters. The molecule has 0 aliphatic rings. The summed E-state index contributed by atoms with van der Waals surface area (Å²) in [6.45, 7) is 11.2. The molecule has 1 unspecified atom stereocenters. The quantitative estimate of drug-likeness (QED) is 0.283. The molecule has 0 aromatic heterocycles. The van der Waals surface area contributed by atoms with Gasteiger partial charge in [0.05, 0.1) is 0 Å². The summed E-state index contributed by atoms with van der Waals surface area (Å²) in [7, 11) is 1.67. The van der Waals surface area contributed by atoms with Gasteiger partial charge in [0.2, 0.25) is 5.91 Å². The molecule has 2 amide bonds. The van der Waals surface area contributed by atoms with Crippen LogP contribution in [-0.4, -0.2) is 56.3 Å². The Kier molecular flexibility index (Phi) is 11.4. The molecule has 0 bridgehead atoms. The molecule has 0 radical (unpaired) electrons. The Morgan fingerprint density at radius 2 is 1.68 bits per heavy atom. The first-order valence-electron chi connectivity index (χ1n) is 8.88. The van der Waals surface area contributed by atoms with E-state index in [1.54, 1.807) is 7.05 Å². The highest BCUT2D eigenvalue weighted by molar-refractivity contribution is 5.81. The number of carbonyl (C=O) groups is 2. The van der Waals surface area contributed by atoms with Gasteiger partial charge in [0, 0.05) is 39.1 Å². The first kappa shape index (κ1) is 23.0. The van der Waals surface area contributed by atoms with Crippen LogP contribution in [0.5, 0.6) is 0 Å². The van der Waals surface area contributed by atoms with Gasteiger partial charge in [0.1, 0.15) is 5.60 Å². The Morgan fingerprint density at radius 3 is 2.24 bits per heavy atom. The minimum Gasteiger partial charge on any atom is -0.444 e. The van der Waals surface area contributed by atoms with Crippen molar-refractivity contribution in [1.29, 1.82) is 0 Å². The van der Waals surface area contributed by atoms with Gasteiger partial charge in [-0.3, -0.25) is 9.79 Å². The maximum atomic E-state index is 11.7. The van der Waals surface area contributed by atoms with Gasteiger partial charge >= 0.3 is 6.09 Å². The lowest BCUT2D eigenvalue weighted by Crippen LogP contribution is -2.41. The maximum absolute atomic E-state index is 11.7. The number of ether oxygens (including phenoxy) is 1. The number of nitrogens with one attached hydrogen (secondary N) is 4.